The second-order valence-electron chi connectivity index (χ2n) is 5.50. The number of nitrogens with zero attached hydrogens (tertiary/aromatic N) is 2. The third-order valence-electron chi connectivity index (χ3n) is 3.74. The van der Waals surface area contributed by atoms with E-state index in [-0.39, 0.29) is 36.8 Å². The Hall–Kier alpha value is -3.15. The van der Waals surface area contributed by atoms with Crippen LogP contribution in [0.4, 0.5) is 4.39 Å². The van der Waals surface area contributed by atoms with E-state index in [2.05, 4.69) is 0 Å². The molecule has 0 radical (unpaired) electrons. The molecule has 3 aromatic rings. The van der Waals surface area contributed by atoms with E-state index in [1.807, 2.05) is 30.3 Å². The van der Waals surface area contributed by atoms with Crippen LogP contribution in [0.3, 0.4) is 0 Å². The van der Waals surface area contributed by atoms with Gasteiger partial charge in [-0.25, -0.2) is 9.18 Å². The summed E-state index contributed by atoms with van der Waals surface area (Å²) in [6.45, 7) is 0.735. The van der Waals surface area contributed by atoms with Crippen LogP contribution in [0.2, 0.25) is 0 Å². The van der Waals surface area contributed by atoms with Crippen molar-refractivity contribution in [3.63, 3.8) is 0 Å². The molecule has 3 rings (SSSR count). The van der Waals surface area contributed by atoms with Crippen molar-refractivity contribution in [1.82, 2.24) is 9.13 Å². The van der Waals surface area contributed by atoms with E-state index in [1.54, 1.807) is 0 Å². The van der Waals surface area contributed by atoms with Crippen molar-refractivity contribution in [2.24, 2.45) is 0 Å². The van der Waals surface area contributed by atoms with Crippen molar-refractivity contribution < 1.29 is 9.13 Å². The van der Waals surface area contributed by atoms with Crippen LogP contribution >= 0.6 is 0 Å². The average Bonchev–Trinajstić information content (AvgIpc) is 2.63. The molecular formula is C19H17FN2O3. The van der Waals surface area contributed by atoms with Crippen LogP contribution in [0.25, 0.3) is 0 Å². The highest BCUT2D eigenvalue weighted by molar-refractivity contribution is 5.22. The highest BCUT2D eigenvalue weighted by Crippen LogP contribution is 2.10. The topological polar surface area (TPSA) is 53.2 Å². The third kappa shape index (κ3) is 4.23. The summed E-state index contributed by atoms with van der Waals surface area (Å²) in [5.74, 6) is 0.184. The molecule has 0 saturated carbocycles. The summed E-state index contributed by atoms with van der Waals surface area (Å²) in [7, 11) is 0. The van der Waals surface area contributed by atoms with Gasteiger partial charge in [0.25, 0.3) is 5.56 Å². The first kappa shape index (κ1) is 16.7. The fraction of sp³-hybridized carbons (Fsp3) is 0.158. The molecule has 128 valence electrons. The lowest BCUT2D eigenvalue weighted by Crippen LogP contribution is -2.39. The molecule has 0 amide bonds. The molecule has 0 fully saturated rings. The first-order valence-electron chi connectivity index (χ1n) is 7.86. The molecule has 0 spiro atoms. The van der Waals surface area contributed by atoms with Crippen LogP contribution < -0.4 is 16.0 Å². The Labute approximate surface area is 143 Å². The van der Waals surface area contributed by atoms with Crippen molar-refractivity contribution in [2.45, 2.75) is 13.1 Å². The summed E-state index contributed by atoms with van der Waals surface area (Å²) in [5.41, 5.74) is 0.144. The van der Waals surface area contributed by atoms with E-state index in [0.29, 0.717) is 5.75 Å². The highest BCUT2D eigenvalue weighted by atomic mass is 19.1. The molecule has 0 N–H and O–H groups in total. The second kappa shape index (κ2) is 7.61. The van der Waals surface area contributed by atoms with Gasteiger partial charge >= 0.3 is 5.69 Å². The molecule has 1 aromatic heterocycles. The molecule has 0 unspecified atom stereocenters. The lowest BCUT2D eigenvalue weighted by Gasteiger charge is -2.11. The standard InChI is InChI=1S/C19H17FN2O3/c20-16-6-8-17(9-7-16)25-13-12-21-11-10-18(23)22(19(21)24)14-15-4-2-1-3-5-15/h1-11H,12-14H2. The van der Waals surface area contributed by atoms with Crippen LogP contribution in [0.1, 0.15) is 5.56 Å². The van der Waals surface area contributed by atoms with E-state index < -0.39 is 0 Å². The van der Waals surface area contributed by atoms with Gasteiger partial charge in [0, 0.05) is 12.3 Å². The largest absolute Gasteiger partial charge is 0.492 e. The quantitative estimate of drug-likeness (QED) is 0.692. The molecular weight excluding hydrogens is 323 g/mol. The van der Waals surface area contributed by atoms with Gasteiger partial charge in [-0.05, 0) is 29.8 Å². The van der Waals surface area contributed by atoms with Crippen LogP contribution in [0.5, 0.6) is 5.75 Å². The Morgan fingerprint density at radius 2 is 1.64 bits per heavy atom. The molecule has 6 heteroatoms. The van der Waals surface area contributed by atoms with Crippen molar-refractivity contribution in [2.75, 3.05) is 6.61 Å². The number of hydrogen-bond donors (Lipinski definition) is 0. The Kier molecular flexibility index (Phi) is 5.09. The van der Waals surface area contributed by atoms with Gasteiger partial charge in [0.2, 0.25) is 0 Å². The molecule has 1 heterocycles. The maximum absolute atomic E-state index is 12.9. The van der Waals surface area contributed by atoms with E-state index in [0.717, 1.165) is 5.56 Å². The number of halogens is 1. The lowest BCUT2D eigenvalue weighted by atomic mass is 10.2. The monoisotopic (exact) mass is 340 g/mol. The maximum Gasteiger partial charge on any atom is 0.331 e. The van der Waals surface area contributed by atoms with Crippen LogP contribution in [-0.4, -0.2) is 15.7 Å². The number of aromatic nitrogens is 2. The number of ether oxygens (including phenoxy) is 1. The number of hydrogen-bond acceptors (Lipinski definition) is 3. The van der Waals surface area contributed by atoms with Gasteiger partial charge in [-0.2, -0.15) is 0 Å². The summed E-state index contributed by atoms with van der Waals surface area (Å²) in [5, 5.41) is 0. The van der Waals surface area contributed by atoms with Gasteiger partial charge in [0.05, 0.1) is 13.1 Å². The van der Waals surface area contributed by atoms with Gasteiger partial charge in [-0.3, -0.25) is 13.9 Å². The Balaban J connectivity index is 1.72. The SMILES string of the molecule is O=c1ccn(CCOc2ccc(F)cc2)c(=O)n1Cc1ccccc1. The smallest absolute Gasteiger partial charge is 0.331 e. The van der Waals surface area contributed by atoms with Crippen LogP contribution in [0, 0.1) is 5.82 Å². The van der Waals surface area contributed by atoms with E-state index in [1.165, 1.54) is 45.7 Å². The van der Waals surface area contributed by atoms with E-state index >= 15 is 0 Å². The van der Waals surface area contributed by atoms with Crippen LogP contribution in [-0.2, 0) is 13.1 Å². The molecule has 0 bridgehead atoms. The minimum absolute atomic E-state index is 0.220. The second-order valence-corrected chi connectivity index (χ2v) is 5.50. The predicted octanol–water partition coefficient (Wildman–Crippen LogP) is 2.28. The Morgan fingerprint density at radius 3 is 2.36 bits per heavy atom. The average molecular weight is 340 g/mol. The summed E-state index contributed by atoms with van der Waals surface area (Å²) in [6.07, 6.45) is 1.46. The van der Waals surface area contributed by atoms with Gasteiger partial charge in [-0.1, -0.05) is 30.3 Å². The zero-order valence-electron chi connectivity index (χ0n) is 13.5. The van der Waals surface area contributed by atoms with Gasteiger partial charge in [0.1, 0.15) is 18.2 Å². The van der Waals surface area contributed by atoms with E-state index in [9.17, 15) is 14.0 Å². The van der Waals surface area contributed by atoms with Gasteiger partial charge in [0.15, 0.2) is 0 Å². The van der Waals surface area contributed by atoms with Crippen molar-refractivity contribution in [1.29, 1.82) is 0 Å². The fourth-order valence-corrected chi connectivity index (χ4v) is 2.43. The molecule has 0 aliphatic carbocycles. The van der Waals surface area contributed by atoms with E-state index in [4.69, 9.17) is 4.74 Å². The van der Waals surface area contributed by atoms with Crippen molar-refractivity contribution >= 4 is 0 Å². The molecule has 0 aliphatic rings. The van der Waals surface area contributed by atoms with Crippen molar-refractivity contribution in [3.05, 3.63) is 99.1 Å². The first-order valence-corrected chi connectivity index (χ1v) is 7.86. The zero-order valence-corrected chi connectivity index (χ0v) is 13.5. The molecule has 5 nitrogen and oxygen atoms in total. The van der Waals surface area contributed by atoms with Gasteiger partial charge < -0.3 is 4.74 Å². The maximum atomic E-state index is 12.9. The van der Waals surface area contributed by atoms with Crippen LogP contribution in [0.15, 0.2) is 76.4 Å². The summed E-state index contributed by atoms with van der Waals surface area (Å²) >= 11 is 0. The first-order chi connectivity index (χ1) is 12.1. The fourth-order valence-electron chi connectivity index (χ4n) is 2.43. The normalized spacial score (nSPS) is 10.6. The lowest BCUT2D eigenvalue weighted by molar-refractivity contribution is 0.293. The summed E-state index contributed by atoms with van der Waals surface area (Å²) in [4.78, 5) is 24.5. The predicted molar refractivity (Wildman–Crippen MR) is 92.4 cm³/mol. The minimum atomic E-state index is -0.390. The zero-order chi connectivity index (χ0) is 17.6. The molecule has 2 aromatic carbocycles. The number of benzene rings is 2. The van der Waals surface area contributed by atoms with Gasteiger partial charge in [-0.15, -0.1) is 0 Å². The molecule has 25 heavy (non-hydrogen) atoms. The summed E-state index contributed by atoms with van der Waals surface area (Å²) in [6, 6.07) is 16.3. The highest BCUT2D eigenvalue weighted by Gasteiger charge is 2.06. The summed E-state index contributed by atoms with van der Waals surface area (Å²) < 4.78 is 21.0. The molecule has 0 atom stereocenters. The third-order valence-corrected chi connectivity index (χ3v) is 3.74. The van der Waals surface area contributed by atoms with Crippen molar-refractivity contribution in [3.8, 4) is 5.75 Å². The molecule has 0 aliphatic heterocycles. The minimum Gasteiger partial charge on any atom is -0.492 e. The number of rotatable bonds is 6. The molecule has 0 saturated heterocycles. The Morgan fingerprint density at radius 1 is 0.920 bits per heavy atom. The Bertz CT molecular complexity index is 947.